The molecule has 0 aliphatic heterocycles. The van der Waals surface area contributed by atoms with E-state index in [-0.39, 0.29) is 11.9 Å². The zero-order chi connectivity index (χ0) is 13.8. The third-order valence-corrected chi connectivity index (χ3v) is 4.46. The Hall–Kier alpha value is -1.52. The van der Waals surface area contributed by atoms with Crippen molar-refractivity contribution in [1.29, 1.82) is 0 Å². The molecule has 0 heterocycles. The van der Waals surface area contributed by atoms with Crippen LogP contribution in [0, 0.1) is 12.7 Å². The molecule has 4 heteroatoms. The highest BCUT2D eigenvalue weighted by atomic mass is 32.2. The molecule has 0 aromatic heterocycles. The highest BCUT2D eigenvalue weighted by Crippen LogP contribution is 2.18. The number of halogens is 1. The minimum absolute atomic E-state index is 0.285. The highest BCUT2D eigenvalue weighted by molar-refractivity contribution is 7.85. The second-order valence-corrected chi connectivity index (χ2v) is 5.92. The molecular formula is C15H16FNOS. The van der Waals surface area contributed by atoms with Gasteiger partial charge in [-0.3, -0.25) is 4.21 Å². The molecule has 0 amide bonds. The maximum absolute atomic E-state index is 12.8. The van der Waals surface area contributed by atoms with E-state index < -0.39 is 10.8 Å². The average molecular weight is 277 g/mol. The van der Waals surface area contributed by atoms with Crippen LogP contribution in [0.25, 0.3) is 0 Å². The van der Waals surface area contributed by atoms with Gasteiger partial charge in [-0.25, -0.2) is 4.39 Å². The standard InChI is InChI=1S/C15H16FNOS/c1-11-4-2-3-5-14(11)15(17)10-19(18)13-8-6-12(16)7-9-13/h2-9,15H,10,17H2,1H3. The summed E-state index contributed by atoms with van der Waals surface area (Å²) in [4.78, 5) is 0.602. The molecule has 2 N–H and O–H groups in total. The largest absolute Gasteiger partial charge is 0.323 e. The first kappa shape index (κ1) is 13.9. The predicted molar refractivity (Wildman–Crippen MR) is 75.8 cm³/mol. The second kappa shape index (κ2) is 6.08. The Morgan fingerprint density at radius 1 is 1.16 bits per heavy atom. The molecule has 0 saturated heterocycles. The summed E-state index contributed by atoms with van der Waals surface area (Å²) in [5.41, 5.74) is 8.18. The van der Waals surface area contributed by atoms with Crippen LogP contribution in [0.4, 0.5) is 4.39 Å². The van der Waals surface area contributed by atoms with E-state index in [1.54, 1.807) is 0 Å². The first-order valence-corrected chi connectivity index (χ1v) is 7.35. The first-order valence-electron chi connectivity index (χ1n) is 6.03. The van der Waals surface area contributed by atoms with Gasteiger partial charge in [0.1, 0.15) is 5.82 Å². The van der Waals surface area contributed by atoms with Crippen LogP contribution in [0.5, 0.6) is 0 Å². The molecule has 2 atom stereocenters. The Labute approximate surface area is 114 Å². The minimum Gasteiger partial charge on any atom is -0.323 e. The molecule has 100 valence electrons. The summed E-state index contributed by atoms with van der Waals surface area (Å²) in [7, 11) is -1.22. The number of hydrogen-bond donors (Lipinski definition) is 1. The van der Waals surface area contributed by atoms with Crippen molar-refractivity contribution >= 4 is 10.8 Å². The van der Waals surface area contributed by atoms with Gasteiger partial charge in [-0.2, -0.15) is 0 Å². The molecule has 2 rings (SSSR count). The molecule has 0 radical (unpaired) electrons. The molecular weight excluding hydrogens is 261 g/mol. The van der Waals surface area contributed by atoms with E-state index in [0.29, 0.717) is 10.6 Å². The zero-order valence-electron chi connectivity index (χ0n) is 10.7. The van der Waals surface area contributed by atoms with Crippen molar-refractivity contribution in [2.75, 3.05) is 5.75 Å². The second-order valence-electron chi connectivity index (χ2n) is 4.43. The third kappa shape index (κ3) is 3.49. The van der Waals surface area contributed by atoms with Crippen LogP contribution in [-0.4, -0.2) is 9.96 Å². The van der Waals surface area contributed by atoms with Crippen molar-refractivity contribution in [2.24, 2.45) is 5.73 Å². The summed E-state index contributed by atoms with van der Waals surface area (Å²) < 4.78 is 25.0. The van der Waals surface area contributed by atoms with E-state index in [1.165, 1.54) is 24.3 Å². The van der Waals surface area contributed by atoms with Gasteiger partial charge < -0.3 is 5.73 Å². The van der Waals surface area contributed by atoms with E-state index in [4.69, 9.17) is 5.73 Å². The number of hydrogen-bond acceptors (Lipinski definition) is 2. The minimum atomic E-state index is -1.22. The maximum atomic E-state index is 12.8. The lowest BCUT2D eigenvalue weighted by atomic mass is 10.0. The van der Waals surface area contributed by atoms with Crippen LogP contribution in [0.1, 0.15) is 17.2 Å². The van der Waals surface area contributed by atoms with Crippen LogP contribution in [0.3, 0.4) is 0 Å². The van der Waals surface area contributed by atoms with E-state index in [2.05, 4.69) is 0 Å². The molecule has 0 aliphatic carbocycles. The van der Waals surface area contributed by atoms with Gasteiger partial charge in [0.05, 0.1) is 10.8 Å². The molecule has 0 aliphatic rings. The SMILES string of the molecule is Cc1ccccc1C(N)CS(=O)c1ccc(F)cc1. The van der Waals surface area contributed by atoms with Crippen LogP contribution < -0.4 is 5.73 Å². The van der Waals surface area contributed by atoms with E-state index in [9.17, 15) is 8.60 Å². The van der Waals surface area contributed by atoms with Crippen LogP contribution >= 0.6 is 0 Å². The van der Waals surface area contributed by atoms with Gasteiger partial charge in [-0.1, -0.05) is 24.3 Å². The molecule has 2 aromatic rings. The molecule has 0 saturated carbocycles. The number of benzene rings is 2. The first-order chi connectivity index (χ1) is 9.08. The van der Waals surface area contributed by atoms with Crippen molar-refractivity contribution in [3.05, 3.63) is 65.5 Å². The lowest BCUT2D eigenvalue weighted by Gasteiger charge is -2.14. The van der Waals surface area contributed by atoms with Crippen LogP contribution in [-0.2, 0) is 10.8 Å². The van der Waals surface area contributed by atoms with Crippen LogP contribution in [0.15, 0.2) is 53.4 Å². The van der Waals surface area contributed by atoms with Crippen LogP contribution in [0.2, 0.25) is 0 Å². The summed E-state index contributed by atoms with van der Waals surface area (Å²) in [6, 6.07) is 13.2. The van der Waals surface area contributed by atoms with E-state index in [0.717, 1.165) is 11.1 Å². The Balaban J connectivity index is 2.11. The number of rotatable bonds is 4. The van der Waals surface area contributed by atoms with Gasteiger partial charge in [0.15, 0.2) is 0 Å². The van der Waals surface area contributed by atoms with Gasteiger partial charge in [0.25, 0.3) is 0 Å². The van der Waals surface area contributed by atoms with Gasteiger partial charge in [0.2, 0.25) is 0 Å². The molecule has 0 bridgehead atoms. The normalized spacial score (nSPS) is 14.1. The summed E-state index contributed by atoms with van der Waals surface area (Å²) in [5.74, 6) is 0.000173. The molecule has 2 unspecified atom stereocenters. The fourth-order valence-electron chi connectivity index (χ4n) is 1.94. The van der Waals surface area contributed by atoms with E-state index in [1.807, 2.05) is 31.2 Å². The topological polar surface area (TPSA) is 43.1 Å². The molecule has 19 heavy (non-hydrogen) atoms. The van der Waals surface area contributed by atoms with E-state index >= 15 is 0 Å². The molecule has 0 fully saturated rings. The smallest absolute Gasteiger partial charge is 0.123 e. The summed E-state index contributed by atoms with van der Waals surface area (Å²) in [6.45, 7) is 1.98. The number of aryl methyl sites for hydroxylation is 1. The number of nitrogens with two attached hydrogens (primary N) is 1. The predicted octanol–water partition coefficient (Wildman–Crippen LogP) is 2.94. The van der Waals surface area contributed by atoms with Crippen molar-refractivity contribution in [3.8, 4) is 0 Å². The van der Waals surface area contributed by atoms with Gasteiger partial charge >= 0.3 is 0 Å². The molecule has 2 nitrogen and oxygen atoms in total. The molecule has 2 aromatic carbocycles. The summed E-state index contributed by atoms with van der Waals surface area (Å²) in [5, 5.41) is 0. The summed E-state index contributed by atoms with van der Waals surface area (Å²) >= 11 is 0. The van der Waals surface area contributed by atoms with Gasteiger partial charge in [0, 0.05) is 16.7 Å². The van der Waals surface area contributed by atoms with Crippen molar-refractivity contribution < 1.29 is 8.60 Å². The van der Waals surface area contributed by atoms with Crippen molar-refractivity contribution in [2.45, 2.75) is 17.9 Å². The van der Waals surface area contributed by atoms with Crippen molar-refractivity contribution in [1.82, 2.24) is 0 Å². The quantitative estimate of drug-likeness (QED) is 0.933. The van der Waals surface area contributed by atoms with Crippen molar-refractivity contribution in [3.63, 3.8) is 0 Å². The lowest BCUT2D eigenvalue weighted by Crippen LogP contribution is -2.19. The fourth-order valence-corrected chi connectivity index (χ4v) is 3.08. The Bertz CT molecular complexity index is 583. The van der Waals surface area contributed by atoms with Gasteiger partial charge in [-0.15, -0.1) is 0 Å². The lowest BCUT2D eigenvalue weighted by molar-refractivity contribution is 0.626. The highest BCUT2D eigenvalue weighted by Gasteiger charge is 2.13. The third-order valence-electron chi connectivity index (χ3n) is 3.00. The molecule has 0 spiro atoms. The Kier molecular flexibility index (Phi) is 4.45. The zero-order valence-corrected chi connectivity index (χ0v) is 11.5. The fraction of sp³-hybridized carbons (Fsp3) is 0.200. The maximum Gasteiger partial charge on any atom is 0.123 e. The Morgan fingerprint density at radius 2 is 1.79 bits per heavy atom. The Morgan fingerprint density at radius 3 is 2.42 bits per heavy atom. The van der Waals surface area contributed by atoms with Gasteiger partial charge in [-0.05, 0) is 42.3 Å². The average Bonchev–Trinajstić information content (AvgIpc) is 2.39. The monoisotopic (exact) mass is 277 g/mol. The summed E-state index contributed by atoms with van der Waals surface area (Å²) in [6.07, 6.45) is 0.